The van der Waals surface area contributed by atoms with Gasteiger partial charge in [0.2, 0.25) is 0 Å². The predicted octanol–water partition coefficient (Wildman–Crippen LogP) is 3.52. The molecule has 0 saturated heterocycles. The normalized spacial score (nSPS) is 14.8. The molecule has 2 nitrogen and oxygen atoms in total. The SMILES string of the molecule is COCCC(C)N[C@H](C)c1ccc(Br)cc1. The third-order valence-corrected chi connectivity index (χ3v) is 3.19. The molecule has 3 heteroatoms. The zero-order valence-corrected chi connectivity index (χ0v) is 11.8. The van der Waals surface area contributed by atoms with Gasteiger partial charge >= 0.3 is 0 Å². The number of benzene rings is 1. The molecule has 0 aromatic heterocycles. The zero-order valence-electron chi connectivity index (χ0n) is 10.2. The van der Waals surface area contributed by atoms with Crippen molar-refractivity contribution in [2.24, 2.45) is 0 Å². The Morgan fingerprint density at radius 1 is 1.25 bits per heavy atom. The van der Waals surface area contributed by atoms with Gasteiger partial charge in [-0.05, 0) is 38.0 Å². The molecule has 0 heterocycles. The number of hydrogen-bond acceptors (Lipinski definition) is 2. The summed E-state index contributed by atoms with van der Waals surface area (Å²) < 4.78 is 6.19. The van der Waals surface area contributed by atoms with Crippen LogP contribution in [-0.4, -0.2) is 19.8 Å². The lowest BCUT2D eigenvalue weighted by Gasteiger charge is -2.20. The largest absolute Gasteiger partial charge is 0.385 e. The van der Waals surface area contributed by atoms with Crippen molar-refractivity contribution in [1.29, 1.82) is 0 Å². The van der Waals surface area contributed by atoms with Crippen LogP contribution in [0.3, 0.4) is 0 Å². The molecular weight excluding hydrogens is 266 g/mol. The van der Waals surface area contributed by atoms with Crippen LogP contribution in [0.25, 0.3) is 0 Å². The smallest absolute Gasteiger partial charge is 0.0476 e. The van der Waals surface area contributed by atoms with Crippen LogP contribution in [0.2, 0.25) is 0 Å². The minimum absolute atomic E-state index is 0.375. The second-order valence-electron chi connectivity index (χ2n) is 4.12. The van der Waals surface area contributed by atoms with Gasteiger partial charge in [-0.1, -0.05) is 28.1 Å². The predicted molar refractivity (Wildman–Crippen MR) is 71.6 cm³/mol. The summed E-state index contributed by atoms with van der Waals surface area (Å²) in [5, 5.41) is 3.56. The first-order valence-corrected chi connectivity index (χ1v) is 6.43. The van der Waals surface area contributed by atoms with Crippen LogP contribution in [0, 0.1) is 0 Å². The highest BCUT2D eigenvalue weighted by Gasteiger charge is 2.08. The molecule has 0 saturated carbocycles. The lowest BCUT2D eigenvalue weighted by Crippen LogP contribution is -2.29. The third-order valence-electron chi connectivity index (χ3n) is 2.66. The van der Waals surface area contributed by atoms with Crippen LogP contribution in [0.5, 0.6) is 0 Å². The molecule has 16 heavy (non-hydrogen) atoms. The Hall–Kier alpha value is -0.380. The van der Waals surface area contributed by atoms with Crippen LogP contribution < -0.4 is 5.32 Å². The molecule has 1 N–H and O–H groups in total. The lowest BCUT2D eigenvalue weighted by molar-refractivity contribution is 0.183. The van der Waals surface area contributed by atoms with Gasteiger partial charge in [0.05, 0.1) is 0 Å². The highest BCUT2D eigenvalue weighted by Crippen LogP contribution is 2.17. The number of methoxy groups -OCH3 is 1. The average Bonchev–Trinajstić information content (AvgIpc) is 2.27. The van der Waals surface area contributed by atoms with Gasteiger partial charge in [0, 0.05) is 30.3 Å². The van der Waals surface area contributed by atoms with Crippen molar-refractivity contribution in [1.82, 2.24) is 5.32 Å². The van der Waals surface area contributed by atoms with E-state index in [0.717, 1.165) is 17.5 Å². The number of ether oxygens (including phenoxy) is 1. The molecular formula is C13H20BrNO. The molecule has 1 unspecified atom stereocenters. The molecule has 0 fully saturated rings. The maximum Gasteiger partial charge on any atom is 0.0476 e. The van der Waals surface area contributed by atoms with Gasteiger partial charge in [-0.3, -0.25) is 0 Å². The first kappa shape index (κ1) is 13.7. The summed E-state index contributed by atoms with van der Waals surface area (Å²) in [5.41, 5.74) is 1.31. The van der Waals surface area contributed by atoms with Crippen molar-refractivity contribution >= 4 is 15.9 Å². The second-order valence-corrected chi connectivity index (χ2v) is 5.04. The summed E-state index contributed by atoms with van der Waals surface area (Å²) >= 11 is 3.44. The van der Waals surface area contributed by atoms with E-state index >= 15 is 0 Å². The van der Waals surface area contributed by atoms with E-state index in [2.05, 4.69) is 59.4 Å². The molecule has 90 valence electrons. The van der Waals surface area contributed by atoms with E-state index in [1.807, 2.05) is 0 Å². The van der Waals surface area contributed by atoms with Crippen LogP contribution in [-0.2, 0) is 4.74 Å². The zero-order chi connectivity index (χ0) is 12.0. The van der Waals surface area contributed by atoms with E-state index in [1.165, 1.54) is 5.56 Å². The Morgan fingerprint density at radius 3 is 2.44 bits per heavy atom. The van der Waals surface area contributed by atoms with Crippen LogP contribution in [0.1, 0.15) is 31.9 Å². The Bertz CT molecular complexity index is 299. The molecule has 0 aliphatic carbocycles. The van der Waals surface area contributed by atoms with Crippen molar-refractivity contribution in [2.45, 2.75) is 32.4 Å². The van der Waals surface area contributed by atoms with E-state index in [4.69, 9.17) is 4.74 Å². The molecule has 0 spiro atoms. The Balaban J connectivity index is 2.45. The first-order valence-electron chi connectivity index (χ1n) is 5.64. The molecule has 0 amide bonds. The molecule has 1 aromatic rings. The molecule has 0 aliphatic rings. The Morgan fingerprint density at radius 2 is 1.88 bits per heavy atom. The summed E-state index contributed by atoms with van der Waals surface area (Å²) in [6.07, 6.45) is 1.04. The summed E-state index contributed by atoms with van der Waals surface area (Å²) in [5.74, 6) is 0. The van der Waals surface area contributed by atoms with Gasteiger partial charge in [0.15, 0.2) is 0 Å². The number of nitrogens with one attached hydrogen (secondary N) is 1. The first-order chi connectivity index (χ1) is 7.63. The summed E-state index contributed by atoms with van der Waals surface area (Å²) in [7, 11) is 1.74. The standard InChI is InChI=1S/C13H20BrNO/c1-10(8-9-16-3)15-11(2)12-4-6-13(14)7-5-12/h4-7,10-11,15H,8-9H2,1-3H3/t10?,11-/m1/s1. The summed E-state index contributed by atoms with van der Waals surface area (Å²) in [6, 6.07) is 9.29. The van der Waals surface area contributed by atoms with Crippen LogP contribution in [0.15, 0.2) is 28.7 Å². The molecule has 0 bridgehead atoms. The third kappa shape index (κ3) is 4.64. The molecule has 2 atom stereocenters. The quantitative estimate of drug-likeness (QED) is 0.864. The van der Waals surface area contributed by atoms with Crippen molar-refractivity contribution < 1.29 is 4.74 Å². The Kier molecular flexibility index (Phi) is 6.03. The van der Waals surface area contributed by atoms with Gasteiger partial charge < -0.3 is 10.1 Å². The fraction of sp³-hybridized carbons (Fsp3) is 0.538. The van der Waals surface area contributed by atoms with E-state index < -0.39 is 0 Å². The van der Waals surface area contributed by atoms with Crippen molar-refractivity contribution in [3.05, 3.63) is 34.3 Å². The maximum absolute atomic E-state index is 5.07. The lowest BCUT2D eigenvalue weighted by atomic mass is 10.1. The number of halogens is 1. The minimum atomic E-state index is 0.375. The highest BCUT2D eigenvalue weighted by molar-refractivity contribution is 9.10. The molecule has 1 rings (SSSR count). The monoisotopic (exact) mass is 285 g/mol. The van der Waals surface area contributed by atoms with Crippen molar-refractivity contribution in [3.63, 3.8) is 0 Å². The van der Waals surface area contributed by atoms with Gasteiger partial charge in [-0.25, -0.2) is 0 Å². The Labute approximate surface area is 107 Å². The summed E-state index contributed by atoms with van der Waals surface area (Å²) in [6.45, 7) is 5.18. The minimum Gasteiger partial charge on any atom is -0.385 e. The molecule has 1 aromatic carbocycles. The van der Waals surface area contributed by atoms with Crippen molar-refractivity contribution in [2.75, 3.05) is 13.7 Å². The number of rotatable bonds is 6. The fourth-order valence-electron chi connectivity index (χ4n) is 1.65. The van der Waals surface area contributed by atoms with Crippen LogP contribution >= 0.6 is 15.9 Å². The van der Waals surface area contributed by atoms with Gasteiger partial charge in [-0.15, -0.1) is 0 Å². The summed E-state index contributed by atoms with van der Waals surface area (Å²) in [4.78, 5) is 0. The maximum atomic E-state index is 5.07. The van der Waals surface area contributed by atoms with E-state index in [-0.39, 0.29) is 0 Å². The van der Waals surface area contributed by atoms with Crippen molar-refractivity contribution in [3.8, 4) is 0 Å². The molecule has 0 radical (unpaired) electrons. The van der Waals surface area contributed by atoms with E-state index in [1.54, 1.807) is 7.11 Å². The highest BCUT2D eigenvalue weighted by atomic mass is 79.9. The van der Waals surface area contributed by atoms with Gasteiger partial charge in [0.1, 0.15) is 0 Å². The average molecular weight is 286 g/mol. The van der Waals surface area contributed by atoms with Gasteiger partial charge in [-0.2, -0.15) is 0 Å². The van der Waals surface area contributed by atoms with E-state index in [9.17, 15) is 0 Å². The topological polar surface area (TPSA) is 21.3 Å². The molecule has 0 aliphatic heterocycles. The second kappa shape index (κ2) is 7.05. The van der Waals surface area contributed by atoms with E-state index in [0.29, 0.717) is 12.1 Å². The van der Waals surface area contributed by atoms with Crippen LogP contribution in [0.4, 0.5) is 0 Å². The number of hydrogen-bond donors (Lipinski definition) is 1. The fourth-order valence-corrected chi connectivity index (χ4v) is 1.92. The van der Waals surface area contributed by atoms with Gasteiger partial charge in [0.25, 0.3) is 0 Å².